The molecule has 20 heavy (non-hydrogen) atoms. The van der Waals surface area contributed by atoms with Crippen molar-refractivity contribution < 1.29 is 17.7 Å². The van der Waals surface area contributed by atoms with Gasteiger partial charge >= 0.3 is 10.1 Å². The fraction of sp³-hybridized carbons (Fsp3) is 0. The molecule has 0 saturated heterocycles. The number of halogens is 3. The van der Waals surface area contributed by atoms with Crippen LogP contribution in [0.3, 0.4) is 0 Å². The van der Waals surface area contributed by atoms with Crippen molar-refractivity contribution in [2.45, 2.75) is 4.90 Å². The van der Waals surface area contributed by atoms with Gasteiger partial charge in [0, 0.05) is 3.57 Å². The maximum absolute atomic E-state index is 12.2. The highest BCUT2D eigenvalue weighted by Gasteiger charge is 2.20. The number of hydrogen-bond acceptors (Lipinski definition) is 4. The standard InChI is InChI=1S/C12H7I3O4S/c13-7-5-10(14)12(11(15)6-7)19-20(17,18)9-3-1-8(16)2-4-9/h1-6,16H. The molecule has 0 radical (unpaired) electrons. The maximum Gasteiger partial charge on any atom is 0.339 e. The molecule has 0 atom stereocenters. The van der Waals surface area contributed by atoms with Crippen molar-refractivity contribution in [2.24, 2.45) is 0 Å². The van der Waals surface area contributed by atoms with E-state index in [1.165, 1.54) is 24.3 Å². The second-order valence-corrected chi connectivity index (χ2v) is 8.85. The van der Waals surface area contributed by atoms with Crippen LogP contribution in [0.1, 0.15) is 0 Å². The molecule has 2 aromatic rings. The predicted molar refractivity (Wildman–Crippen MR) is 101 cm³/mol. The number of benzene rings is 2. The van der Waals surface area contributed by atoms with Crippen molar-refractivity contribution >= 4 is 77.9 Å². The molecule has 0 bridgehead atoms. The first kappa shape index (κ1) is 16.5. The third kappa shape index (κ3) is 3.88. The molecular weight excluding hydrogens is 621 g/mol. The highest BCUT2D eigenvalue weighted by molar-refractivity contribution is 14.1. The fourth-order valence-electron chi connectivity index (χ4n) is 1.38. The van der Waals surface area contributed by atoms with Crippen LogP contribution in [0.5, 0.6) is 11.5 Å². The monoisotopic (exact) mass is 628 g/mol. The minimum Gasteiger partial charge on any atom is -0.508 e. The van der Waals surface area contributed by atoms with Crippen molar-refractivity contribution in [1.29, 1.82) is 0 Å². The molecule has 8 heteroatoms. The Morgan fingerprint density at radius 2 is 1.45 bits per heavy atom. The summed E-state index contributed by atoms with van der Waals surface area (Å²) in [6.07, 6.45) is 0. The largest absolute Gasteiger partial charge is 0.508 e. The van der Waals surface area contributed by atoms with Crippen molar-refractivity contribution in [3.8, 4) is 11.5 Å². The SMILES string of the molecule is O=S(=O)(Oc1c(I)cc(I)cc1I)c1ccc(O)cc1. The first-order valence-electron chi connectivity index (χ1n) is 5.17. The lowest BCUT2D eigenvalue weighted by Crippen LogP contribution is -2.11. The van der Waals surface area contributed by atoms with Gasteiger partial charge in [-0.1, -0.05) is 0 Å². The molecule has 0 amide bonds. The van der Waals surface area contributed by atoms with Gasteiger partial charge in [-0.15, -0.1) is 0 Å². The summed E-state index contributed by atoms with van der Waals surface area (Å²) in [6.45, 7) is 0. The molecule has 0 unspecified atom stereocenters. The summed E-state index contributed by atoms with van der Waals surface area (Å²) in [5.41, 5.74) is 0. The smallest absolute Gasteiger partial charge is 0.339 e. The van der Waals surface area contributed by atoms with E-state index in [2.05, 4.69) is 22.6 Å². The number of phenolic OH excluding ortho intramolecular Hbond substituents is 1. The Hall–Kier alpha value is 0.180. The zero-order valence-corrected chi connectivity index (χ0v) is 17.0. The van der Waals surface area contributed by atoms with E-state index >= 15 is 0 Å². The van der Waals surface area contributed by atoms with Crippen LogP contribution in [-0.2, 0) is 10.1 Å². The highest BCUT2D eigenvalue weighted by atomic mass is 127. The summed E-state index contributed by atoms with van der Waals surface area (Å²) < 4.78 is 32.0. The summed E-state index contributed by atoms with van der Waals surface area (Å²) >= 11 is 6.23. The molecule has 2 rings (SSSR count). The Bertz CT molecular complexity index is 719. The van der Waals surface area contributed by atoms with Gasteiger partial charge in [-0.3, -0.25) is 0 Å². The summed E-state index contributed by atoms with van der Waals surface area (Å²) in [5.74, 6) is 0.321. The van der Waals surface area contributed by atoms with E-state index in [0.29, 0.717) is 5.75 Å². The van der Waals surface area contributed by atoms with Gasteiger partial charge in [0.2, 0.25) is 0 Å². The highest BCUT2D eigenvalue weighted by Crippen LogP contribution is 2.32. The van der Waals surface area contributed by atoms with Crippen LogP contribution in [0.2, 0.25) is 0 Å². The van der Waals surface area contributed by atoms with E-state index < -0.39 is 10.1 Å². The van der Waals surface area contributed by atoms with Gasteiger partial charge in [0.15, 0.2) is 5.75 Å². The van der Waals surface area contributed by atoms with Crippen LogP contribution in [-0.4, -0.2) is 13.5 Å². The second-order valence-electron chi connectivity index (χ2n) is 3.73. The molecule has 0 heterocycles. The Labute approximate surface area is 157 Å². The number of phenols is 1. The summed E-state index contributed by atoms with van der Waals surface area (Å²) in [6, 6.07) is 8.89. The topological polar surface area (TPSA) is 63.6 Å². The molecule has 0 aliphatic rings. The van der Waals surface area contributed by atoms with Crippen LogP contribution in [0, 0.1) is 10.7 Å². The van der Waals surface area contributed by atoms with E-state index in [1.807, 2.05) is 57.3 Å². The molecule has 0 saturated carbocycles. The minimum atomic E-state index is -3.91. The van der Waals surface area contributed by atoms with Crippen molar-refractivity contribution in [1.82, 2.24) is 0 Å². The number of aromatic hydroxyl groups is 1. The molecule has 0 fully saturated rings. The Morgan fingerprint density at radius 1 is 0.950 bits per heavy atom. The van der Waals surface area contributed by atoms with E-state index in [0.717, 1.165) is 10.7 Å². The van der Waals surface area contributed by atoms with Crippen LogP contribution in [0.25, 0.3) is 0 Å². The third-order valence-electron chi connectivity index (χ3n) is 2.28. The fourth-order valence-corrected chi connectivity index (χ4v) is 6.45. The van der Waals surface area contributed by atoms with E-state index in [4.69, 9.17) is 4.18 Å². The molecular formula is C12H7I3O4S. The molecule has 0 spiro atoms. The van der Waals surface area contributed by atoms with Gasteiger partial charge in [-0.05, 0) is 104 Å². The van der Waals surface area contributed by atoms with Crippen LogP contribution in [0.15, 0.2) is 41.3 Å². The van der Waals surface area contributed by atoms with Crippen molar-refractivity contribution in [3.05, 3.63) is 47.1 Å². The molecule has 0 aliphatic heterocycles. The molecule has 0 aromatic heterocycles. The van der Waals surface area contributed by atoms with Gasteiger partial charge in [0.25, 0.3) is 0 Å². The van der Waals surface area contributed by atoms with Crippen molar-refractivity contribution in [2.75, 3.05) is 0 Å². The summed E-state index contributed by atoms with van der Waals surface area (Å²) in [4.78, 5) is 0.000417. The van der Waals surface area contributed by atoms with E-state index in [9.17, 15) is 13.5 Å². The third-order valence-corrected chi connectivity index (χ3v) is 5.74. The van der Waals surface area contributed by atoms with E-state index in [1.54, 1.807) is 0 Å². The minimum absolute atomic E-state index is 0.000417. The zero-order valence-electron chi connectivity index (χ0n) is 9.68. The van der Waals surface area contributed by atoms with Crippen LogP contribution in [0.4, 0.5) is 0 Å². The summed E-state index contributed by atoms with van der Waals surface area (Å²) in [7, 11) is -3.91. The lowest BCUT2D eigenvalue weighted by molar-refractivity contribution is 0.472. The van der Waals surface area contributed by atoms with Gasteiger partial charge < -0.3 is 9.29 Å². The number of hydrogen-bond donors (Lipinski definition) is 1. The first-order chi connectivity index (χ1) is 9.29. The number of rotatable bonds is 3. The van der Waals surface area contributed by atoms with Crippen LogP contribution < -0.4 is 4.18 Å². The predicted octanol–water partition coefficient (Wildman–Crippen LogP) is 3.97. The first-order valence-corrected chi connectivity index (χ1v) is 9.82. The molecule has 4 nitrogen and oxygen atoms in total. The van der Waals surface area contributed by atoms with Crippen LogP contribution >= 0.6 is 67.8 Å². The average Bonchev–Trinajstić information content (AvgIpc) is 2.34. The lowest BCUT2D eigenvalue weighted by Gasteiger charge is -2.11. The van der Waals surface area contributed by atoms with Gasteiger partial charge in [-0.2, -0.15) is 8.42 Å². The van der Waals surface area contributed by atoms with Crippen molar-refractivity contribution in [3.63, 3.8) is 0 Å². The second kappa shape index (κ2) is 6.52. The zero-order chi connectivity index (χ0) is 14.9. The molecule has 106 valence electrons. The van der Waals surface area contributed by atoms with Gasteiger partial charge in [0.05, 0.1) is 7.14 Å². The maximum atomic E-state index is 12.2. The van der Waals surface area contributed by atoms with Gasteiger partial charge in [-0.25, -0.2) is 0 Å². The Morgan fingerprint density at radius 3 is 1.95 bits per heavy atom. The quantitative estimate of drug-likeness (QED) is 0.414. The lowest BCUT2D eigenvalue weighted by atomic mass is 10.3. The summed E-state index contributed by atoms with van der Waals surface area (Å²) in [5, 5.41) is 9.19. The molecule has 1 N–H and O–H groups in total. The van der Waals surface area contributed by atoms with Gasteiger partial charge in [0.1, 0.15) is 10.6 Å². The Balaban J connectivity index is 2.41. The average molecular weight is 628 g/mol. The molecule has 2 aromatic carbocycles. The normalized spacial score (nSPS) is 11.3. The van der Waals surface area contributed by atoms with E-state index in [-0.39, 0.29) is 10.6 Å². The Kier molecular flexibility index (Phi) is 5.40. The molecule has 0 aliphatic carbocycles.